The number of hydrogen-bond donors (Lipinski definition) is 0. The Labute approximate surface area is 95.8 Å². The van der Waals surface area contributed by atoms with Gasteiger partial charge in [0, 0.05) is 6.42 Å². The lowest BCUT2D eigenvalue weighted by Gasteiger charge is -2.35. The van der Waals surface area contributed by atoms with E-state index in [0.29, 0.717) is 0 Å². The van der Waals surface area contributed by atoms with Gasteiger partial charge >= 0.3 is 8.48 Å². The molecule has 0 rings (SSSR count). The minimum absolute atomic E-state index is 0.890. The molecule has 0 aromatic rings. The minimum Gasteiger partial charge on any atom is -0.534 e. The molecule has 0 atom stereocenters. The van der Waals surface area contributed by atoms with Crippen LogP contribution in [0.3, 0.4) is 0 Å². The van der Waals surface area contributed by atoms with Gasteiger partial charge in [0.05, 0.1) is 5.76 Å². The Hall–Kier alpha value is -0.543. The molecule has 0 spiro atoms. The van der Waals surface area contributed by atoms with Gasteiger partial charge in [0.15, 0.2) is 0 Å². The Balaban J connectivity index is 4.22. The van der Waals surface area contributed by atoms with E-state index in [1.807, 2.05) is 6.08 Å². The fourth-order valence-corrected chi connectivity index (χ4v) is 4.18. The summed E-state index contributed by atoms with van der Waals surface area (Å²) in [5.74, 6) is 0.901. The predicted molar refractivity (Wildman–Crippen MR) is 70.1 cm³/mol. The SMILES string of the molecule is C=CCCC(=C)O[Si](C)(C)N(CC)CC. The van der Waals surface area contributed by atoms with Crippen molar-refractivity contribution in [3.8, 4) is 0 Å². The smallest absolute Gasteiger partial charge is 0.324 e. The highest BCUT2D eigenvalue weighted by Gasteiger charge is 2.31. The summed E-state index contributed by atoms with van der Waals surface area (Å²) < 4.78 is 8.42. The van der Waals surface area contributed by atoms with Crippen LogP contribution < -0.4 is 0 Å². The maximum absolute atomic E-state index is 6.01. The Morgan fingerprint density at radius 3 is 2.27 bits per heavy atom. The van der Waals surface area contributed by atoms with E-state index >= 15 is 0 Å². The summed E-state index contributed by atoms with van der Waals surface area (Å²) in [5.41, 5.74) is 0. The monoisotopic (exact) mass is 227 g/mol. The van der Waals surface area contributed by atoms with Crippen molar-refractivity contribution in [2.75, 3.05) is 13.1 Å². The molecule has 3 heteroatoms. The summed E-state index contributed by atoms with van der Waals surface area (Å²) in [6.45, 7) is 18.6. The third-order valence-corrected chi connectivity index (χ3v) is 5.49. The highest BCUT2D eigenvalue weighted by molar-refractivity contribution is 6.68. The van der Waals surface area contributed by atoms with Crippen LogP contribution in [0, 0.1) is 0 Å². The average molecular weight is 227 g/mol. The van der Waals surface area contributed by atoms with Gasteiger partial charge in [-0.05, 0) is 32.6 Å². The molecule has 0 aliphatic heterocycles. The molecule has 0 radical (unpaired) electrons. The second-order valence-corrected chi connectivity index (χ2v) is 7.82. The molecule has 0 heterocycles. The molecule has 0 saturated heterocycles. The number of nitrogens with zero attached hydrogens (tertiary/aromatic N) is 1. The van der Waals surface area contributed by atoms with Crippen LogP contribution in [0.25, 0.3) is 0 Å². The summed E-state index contributed by atoms with van der Waals surface area (Å²) in [7, 11) is -1.75. The molecule has 0 fully saturated rings. The summed E-state index contributed by atoms with van der Waals surface area (Å²) in [6.07, 6.45) is 3.74. The standard InChI is InChI=1S/C12H25NOSi/c1-7-10-11-12(4)14-15(5,6)13(8-2)9-3/h7H,1,4,8-11H2,2-3,5-6H3. The van der Waals surface area contributed by atoms with Gasteiger partial charge in [-0.25, -0.2) is 0 Å². The van der Waals surface area contributed by atoms with Crippen LogP contribution in [-0.2, 0) is 4.43 Å². The molecule has 15 heavy (non-hydrogen) atoms. The lowest BCUT2D eigenvalue weighted by Crippen LogP contribution is -2.50. The maximum Gasteiger partial charge on any atom is 0.324 e. The molecule has 0 N–H and O–H groups in total. The zero-order valence-corrected chi connectivity index (χ0v) is 11.7. The summed E-state index contributed by atoms with van der Waals surface area (Å²) >= 11 is 0. The van der Waals surface area contributed by atoms with Crippen LogP contribution in [0.1, 0.15) is 26.7 Å². The molecule has 2 nitrogen and oxygen atoms in total. The number of hydrogen-bond acceptors (Lipinski definition) is 2. The van der Waals surface area contributed by atoms with Gasteiger partial charge in [0.1, 0.15) is 0 Å². The highest BCUT2D eigenvalue weighted by Crippen LogP contribution is 2.17. The molecular formula is C12H25NOSi. The normalized spacial score (nSPS) is 11.5. The van der Waals surface area contributed by atoms with E-state index in [0.717, 1.165) is 31.7 Å². The summed E-state index contributed by atoms with van der Waals surface area (Å²) in [5, 5.41) is 0. The molecule has 0 amide bonds. The van der Waals surface area contributed by atoms with E-state index in [2.05, 4.69) is 44.7 Å². The fraction of sp³-hybridized carbons (Fsp3) is 0.667. The van der Waals surface area contributed by atoms with Crippen LogP contribution in [0.15, 0.2) is 25.0 Å². The van der Waals surface area contributed by atoms with Crippen molar-refractivity contribution in [3.05, 3.63) is 25.0 Å². The van der Waals surface area contributed by atoms with Crippen LogP contribution in [-0.4, -0.2) is 26.1 Å². The Kier molecular flexibility index (Phi) is 6.60. The first-order valence-corrected chi connectivity index (χ1v) is 8.56. The van der Waals surface area contributed by atoms with E-state index in [4.69, 9.17) is 4.43 Å². The van der Waals surface area contributed by atoms with Crippen LogP contribution in [0.5, 0.6) is 0 Å². The molecule has 0 saturated carbocycles. The van der Waals surface area contributed by atoms with Crippen molar-refractivity contribution >= 4 is 8.48 Å². The van der Waals surface area contributed by atoms with E-state index < -0.39 is 8.48 Å². The van der Waals surface area contributed by atoms with Gasteiger partial charge in [0.2, 0.25) is 0 Å². The molecule has 88 valence electrons. The first-order valence-electron chi connectivity index (χ1n) is 5.70. The molecule has 0 aromatic carbocycles. The van der Waals surface area contributed by atoms with Gasteiger partial charge < -0.3 is 4.43 Å². The highest BCUT2D eigenvalue weighted by atomic mass is 28.4. The van der Waals surface area contributed by atoms with Gasteiger partial charge in [-0.3, -0.25) is 4.57 Å². The second-order valence-electron chi connectivity index (χ2n) is 4.09. The van der Waals surface area contributed by atoms with E-state index in [1.54, 1.807) is 0 Å². The van der Waals surface area contributed by atoms with Crippen LogP contribution >= 0.6 is 0 Å². The van der Waals surface area contributed by atoms with Crippen molar-refractivity contribution in [1.82, 2.24) is 4.57 Å². The average Bonchev–Trinajstić information content (AvgIpc) is 2.15. The fourth-order valence-electron chi connectivity index (χ4n) is 1.72. The molecule has 0 aliphatic carbocycles. The van der Waals surface area contributed by atoms with E-state index in [-0.39, 0.29) is 0 Å². The predicted octanol–water partition coefficient (Wildman–Crippen LogP) is 3.53. The van der Waals surface area contributed by atoms with Crippen molar-refractivity contribution < 1.29 is 4.43 Å². The van der Waals surface area contributed by atoms with Crippen LogP contribution in [0.2, 0.25) is 13.1 Å². The van der Waals surface area contributed by atoms with E-state index in [9.17, 15) is 0 Å². The van der Waals surface area contributed by atoms with Gasteiger partial charge in [-0.15, -0.1) is 6.58 Å². The van der Waals surface area contributed by atoms with Crippen molar-refractivity contribution in [3.63, 3.8) is 0 Å². The van der Waals surface area contributed by atoms with Crippen molar-refractivity contribution in [2.24, 2.45) is 0 Å². The molecule has 0 unspecified atom stereocenters. The molecule has 0 bridgehead atoms. The van der Waals surface area contributed by atoms with Gasteiger partial charge in [-0.2, -0.15) is 0 Å². The zero-order chi connectivity index (χ0) is 11.9. The lowest BCUT2D eigenvalue weighted by atomic mass is 10.3. The summed E-state index contributed by atoms with van der Waals surface area (Å²) in [6, 6.07) is 0. The largest absolute Gasteiger partial charge is 0.534 e. The minimum atomic E-state index is -1.75. The van der Waals surface area contributed by atoms with Gasteiger partial charge in [0.25, 0.3) is 0 Å². The zero-order valence-electron chi connectivity index (χ0n) is 10.7. The topological polar surface area (TPSA) is 12.5 Å². The van der Waals surface area contributed by atoms with Crippen molar-refractivity contribution in [1.29, 1.82) is 0 Å². The quantitative estimate of drug-likeness (QED) is 0.357. The number of rotatable bonds is 8. The van der Waals surface area contributed by atoms with E-state index in [1.165, 1.54) is 0 Å². The lowest BCUT2D eigenvalue weighted by molar-refractivity contribution is 0.309. The Morgan fingerprint density at radius 1 is 1.33 bits per heavy atom. The number of allylic oxidation sites excluding steroid dienone is 2. The maximum atomic E-state index is 6.01. The molecule has 0 aromatic heterocycles. The second kappa shape index (κ2) is 6.85. The summed E-state index contributed by atoms with van der Waals surface area (Å²) in [4.78, 5) is 0. The first kappa shape index (κ1) is 14.5. The molecular weight excluding hydrogens is 202 g/mol. The van der Waals surface area contributed by atoms with Gasteiger partial charge in [-0.1, -0.05) is 26.5 Å². The third-order valence-electron chi connectivity index (χ3n) is 2.55. The Bertz CT molecular complexity index is 210. The first-order chi connectivity index (χ1) is 6.97. The van der Waals surface area contributed by atoms with Crippen molar-refractivity contribution in [2.45, 2.75) is 39.8 Å². The molecule has 0 aliphatic rings. The Morgan fingerprint density at radius 2 is 1.87 bits per heavy atom. The third kappa shape index (κ3) is 5.19. The van der Waals surface area contributed by atoms with Crippen LogP contribution in [0.4, 0.5) is 0 Å².